The quantitative estimate of drug-likeness (QED) is 0.653. The second-order valence-electron chi connectivity index (χ2n) is 7.89. The molecule has 0 N–H and O–H groups in total. The van der Waals surface area contributed by atoms with E-state index in [0.29, 0.717) is 6.54 Å². The van der Waals surface area contributed by atoms with Gasteiger partial charge in [0.2, 0.25) is 11.8 Å². The Morgan fingerprint density at radius 1 is 0.714 bits per heavy atom. The third-order valence-corrected chi connectivity index (χ3v) is 6.60. The van der Waals surface area contributed by atoms with Gasteiger partial charge in [-0.05, 0) is 33.9 Å². The fourth-order valence-corrected chi connectivity index (χ4v) is 5.57. The highest BCUT2D eigenvalue weighted by Gasteiger charge is 2.61. The summed E-state index contributed by atoms with van der Waals surface area (Å²) in [6.07, 6.45) is 3.42. The summed E-state index contributed by atoms with van der Waals surface area (Å²) < 4.78 is 0. The van der Waals surface area contributed by atoms with Gasteiger partial charge in [0.05, 0.1) is 18.4 Å². The Hall–Kier alpha value is -3.27. The van der Waals surface area contributed by atoms with Gasteiger partial charge in [0.25, 0.3) is 0 Å². The normalized spacial score (nSPS) is 26.8. The molecule has 0 unspecified atom stereocenters. The van der Waals surface area contributed by atoms with Crippen molar-refractivity contribution in [2.75, 3.05) is 0 Å². The van der Waals surface area contributed by atoms with Crippen molar-refractivity contribution in [3.05, 3.63) is 101 Å². The van der Waals surface area contributed by atoms with Gasteiger partial charge in [0.15, 0.2) is 0 Å². The number of aromatic nitrogens is 1. The van der Waals surface area contributed by atoms with Crippen LogP contribution >= 0.6 is 0 Å². The van der Waals surface area contributed by atoms with E-state index < -0.39 is 0 Å². The first-order valence-electron chi connectivity index (χ1n) is 9.67. The molecule has 7 rings (SSSR count). The topological polar surface area (TPSA) is 50.3 Å². The number of imide groups is 1. The van der Waals surface area contributed by atoms with Crippen molar-refractivity contribution in [3.63, 3.8) is 0 Å². The van der Waals surface area contributed by atoms with E-state index in [1.807, 2.05) is 36.4 Å². The first-order chi connectivity index (χ1) is 13.8. The number of hydrogen-bond donors (Lipinski definition) is 0. The average Bonchev–Trinajstić information content (AvgIpc) is 3.00. The van der Waals surface area contributed by atoms with E-state index >= 15 is 0 Å². The van der Waals surface area contributed by atoms with E-state index in [9.17, 15) is 9.59 Å². The zero-order valence-corrected chi connectivity index (χ0v) is 15.2. The van der Waals surface area contributed by atoms with E-state index in [0.717, 1.165) is 5.56 Å². The lowest BCUT2D eigenvalue weighted by atomic mass is 9.55. The first-order valence-corrected chi connectivity index (χ1v) is 9.67. The number of benzene rings is 2. The smallest absolute Gasteiger partial charge is 0.234 e. The Morgan fingerprint density at radius 2 is 1.21 bits per heavy atom. The number of carbonyl (C=O) groups excluding carboxylic acids is 2. The average molecular weight is 366 g/mol. The SMILES string of the molecule is O=C1[C@@H]2C3c4ccccc4C(c4ccccc43)[C@@H]2C(=O)N1Cc1cccnc1. The number of rotatable bonds is 2. The zero-order valence-electron chi connectivity index (χ0n) is 15.2. The van der Waals surface area contributed by atoms with Crippen LogP contribution in [0.2, 0.25) is 0 Å². The molecule has 2 atom stereocenters. The maximum absolute atomic E-state index is 13.4. The highest BCUT2D eigenvalue weighted by Crippen LogP contribution is 2.61. The standard InChI is InChI=1S/C24H18N2O2/c27-23-21-19-15-7-1-2-8-16(15)20(18-10-4-3-9-17(18)19)22(21)24(28)26(23)13-14-6-5-11-25-12-14/h1-12,19-22H,13H2/t19?,20?,21-,22+. The molecule has 2 amide bonds. The fourth-order valence-electron chi connectivity index (χ4n) is 5.57. The maximum Gasteiger partial charge on any atom is 0.234 e. The number of carbonyl (C=O) groups is 2. The predicted molar refractivity (Wildman–Crippen MR) is 103 cm³/mol. The highest BCUT2D eigenvalue weighted by atomic mass is 16.2. The Balaban J connectivity index is 1.50. The van der Waals surface area contributed by atoms with Gasteiger partial charge in [-0.15, -0.1) is 0 Å². The molecule has 3 aliphatic carbocycles. The summed E-state index contributed by atoms with van der Waals surface area (Å²) in [5, 5.41) is 0. The lowest BCUT2D eigenvalue weighted by molar-refractivity contribution is -0.140. The van der Waals surface area contributed by atoms with E-state index in [4.69, 9.17) is 0 Å². The Kier molecular flexibility index (Phi) is 3.16. The molecule has 2 aromatic carbocycles. The van der Waals surface area contributed by atoms with Crippen molar-refractivity contribution < 1.29 is 9.59 Å². The van der Waals surface area contributed by atoms with E-state index in [1.54, 1.807) is 12.4 Å². The lowest BCUT2D eigenvalue weighted by Gasteiger charge is -2.45. The maximum atomic E-state index is 13.4. The monoisotopic (exact) mass is 366 g/mol. The predicted octanol–water partition coefficient (Wildman–Crippen LogP) is 3.47. The molecule has 1 aliphatic heterocycles. The summed E-state index contributed by atoms with van der Waals surface area (Å²) in [5.74, 6) is -0.788. The summed E-state index contributed by atoms with van der Waals surface area (Å²) in [4.78, 5) is 32.5. The molecule has 1 fully saturated rings. The summed E-state index contributed by atoms with van der Waals surface area (Å²) in [7, 11) is 0. The molecule has 136 valence electrons. The van der Waals surface area contributed by atoms with Crippen molar-refractivity contribution in [1.82, 2.24) is 9.88 Å². The third kappa shape index (κ3) is 1.92. The summed E-state index contributed by atoms with van der Waals surface area (Å²) in [6, 6.07) is 20.4. The van der Waals surface area contributed by atoms with Gasteiger partial charge in [-0.1, -0.05) is 54.6 Å². The van der Waals surface area contributed by atoms with Crippen molar-refractivity contribution in [1.29, 1.82) is 0 Å². The third-order valence-electron chi connectivity index (χ3n) is 6.60. The van der Waals surface area contributed by atoms with Crippen LogP contribution < -0.4 is 0 Å². The molecule has 4 aliphatic rings. The molecule has 0 radical (unpaired) electrons. The van der Waals surface area contributed by atoms with Crippen LogP contribution in [0.4, 0.5) is 0 Å². The van der Waals surface area contributed by atoms with Gasteiger partial charge in [-0.3, -0.25) is 19.5 Å². The minimum Gasteiger partial charge on any atom is -0.277 e. The number of amides is 2. The van der Waals surface area contributed by atoms with Crippen LogP contribution in [-0.4, -0.2) is 21.7 Å². The van der Waals surface area contributed by atoms with Gasteiger partial charge in [-0.2, -0.15) is 0 Å². The molecule has 1 aromatic heterocycles. The van der Waals surface area contributed by atoms with E-state index in [-0.39, 0.29) is 35.5 Å². The van der Waals surface area contributed by atoms with Crippen LogP contribution in [0, 0.1) is 11.8 Å². The van der Waals surface area contributed by atoms with Crippen molar-refractivity contribution >= 4 is 11.8 Å². The van der Waals surface area contributed by atoms with Crippen LogP contribution in [0.5, 0.6) is 0 Å². The minimum absolute atomic E-state index is 0.0436. The number of pyridine rings is 1. The summed E-state index contributed by atoms with van der Waals surface area (Å²) in [6.45, 7) is 0.296. The minimum atomic E-state index is -0.307. The zero-order chi connectivity index (χ0) is 18.8. The van der Waals surface area contributed by atoms with Gasteiger partial charge in [0, 0.05) is 24.2 Å². The molecule has 0 saturated carbocycles. The summed E-state index contributed by atoms with van der Waals surface area (Å²) >= 11 is 0. The van der Waals surface area contributed by atoms with Crippen LogP contribution in [0.25, 0.3) is 0 Å². The largest absolute Gasteiger partial charge is 0.277 e. The summed E-state index contributed by atoms with van der Waals surface area (Å²) in [5.41, 5.74) is 5.70. The van der Waals surface area contributed by atoms with Gasteiger partial charge in [-0.25, -0.2) is 0 Å². The van der Waals surface area contributed by atoms with Gasteiger partial charge in [0.1, 0.15) is 0 Å². The van der Waals surface area contributed by atoms with Crippen LogP contribution in [0.15, 0.2) is 73.1 Å². The molecule has 28 heavy (non-hydrogen) atoms. The molecule has 0 spiro atoms. The molecular weight excluding hydrogens is 348 g/mol. The van der Waals surface area contributed by atoms with Crippen LogP contribution in [0.1, 0.15) is 39.7 Å². The Morgan fingerprint density at radius 3 is 1.64 bits per heavy atom. The molecular formula is C24H18N2O2. The second kappa shape index (κ2) is 5.61. The Bertz CT molecular complexity index is 1010. The highest BCUT2D eigenvalue weighted by molar-refractivity contribution is 6.07. The fraction of sp³-hybridized carbons (Fsp3) is 0.208. The number of likely N-dealkylation sites (tertiary alicyclic amines) is 1. The van der Waals surface area contributed by atoms with E-state index in [2.05, 4.69) is 29.2 Å². The first kappa shape index (κ1) is 15.8. The van der Waals surface area contributed by atoms with Crippen molar-refractivity contribution in [2.24, 2.45) is 11.8 Å². The van der Waals surface area contributed by atoms with E-state index in [1.165, 1.54) is 27.2 Å². The molecule has 2 bridgehead atoms. The second-order valence-corrected chi connectivity index (χ2v) is 7.89. The molecule has 3 aromatic rings. The van der Waals surface area contributed by atoms with Crippen molar-refractivity contribution in [2.45, 2.75) is 18.4 Å². The lowest BCUT2D eigenvalue weighted by Crippen LogP contribution is -2.41. The molecule has 4 nitrogen and oxygen atoms in total. The van der Waals surface area contributed by atoms with Gasteiger partial charge < -0.3 is 0 Å². The number of nitrogens with zero attached hydrogens (tertiary/aromatic N) is 2. The van der Waals surface area contributed by atoms with Crippen LogP contribution in [0.3, 0.4) is 0 Å². The number of hydrogen-bond acceptors (Lipinski definition) is 3. The van der Waals surface area contributed by atoms with Crippen molar-refractivity contribution in [3.8, 4) is 0 Å². The Labute approximate surface area is 162 Å². The molecule has 1 saturated heterocycles. The van der Waals surface area contributed by atoms with Crippen LogP contribution in [-0.2, 0) is 16.1 Å². The molecule has 4 heteroatoms. The van der Waals surface area contributed by atoms with Gasteiger partial charge >= 0.3 is 0 Å². The molecule has 2 heterocycles.